The zero-order valence-corrected chi connectivity index (χ0v) is 17.4. The number of anilines is 1. The number of pyridine rings is 1. The third kappa shape index (κ3) is 5.69. The monoisotopic (exact) mass is 403 g/mol. The second-order valence-corrected chi connectivity index (χ2v) is 9.43. The summed E-state index contributed by atoms with van der Waals surface area (Å²) in [5, 5.41) is 0. The highest BCUT2D eigenvalue weighted by molar-refractivity contribution is 7.89. The summed E-state index contributed by atoms with van der Waals surface area (Å²) in [6.45, 7) is 7.09. The lowest BCUT2D eigenvalue weighted by molar-refractivity contribution is 0.271. The van der Waals surface area contributed by atoms with Gasteiger partial charge >= 0.3 is 0 Å². The molecule has 1 saturated heterocycles. The molecule has 3 rings (SSSR count). The number of ether oxygens (including phenoxy) is 1. The fourth-order valence-electron chi connectivity index (χ4n) is 3.24. The van der Waals surface area contributed by atoms with E-state index in [1.165, 1.54) is 5.69 Å². The summed E-state index contributed by atoms with van der Waals surface area (Å²) >= 11 is 0. The van der Waals surface area contributed by atoms with Crippen molar-refractivity contribution in [2.45, 2.75) is 31.6 Å². The van der Waals surface area contributed by atoms with Crippen LogP contribution >= 0.6 is 0 Å². The van der Waals surface area contributed by atoms with Crippen molar-refractivity contribution in [3.05, 3.63) is 48.8 Å². The van der Waals surface area contributed by atoms with Gasteiger partial charge in [0.1, 0.15) is 5.75 Å². The van der Waals surface area contributed by atoms with E-state index in [1.807, 2.05) is 12.1 Å². The van der Waals surface area contributed by atoms with Crippen LogP contribution in [0.5, 0.6) is 5.75 Å². The lowest BCUT2D eigenvalue weighted by Gasteiger charge is -2.33. The first kappa shape index (κ1) is 20.6. The van der Waals surface area contributed by atoms with E-state index in [0.717, 1.165) is 25.9 Å². The first-order chi connectivity index (χ1) is 13.4. The van der Waals surface area contributed by atoms with E-state index in [1.54, 1.807) is 36.7 Å². The van der Waals surface area contributed by atoms with Crippen molar-refractivity contribution in [3.63, 3.8) is 0 Å². The number of benzene rings is 1. The minimum absolute atomic E-state index is 0.276. The highest BCUT2D eigenvalue weighted by Crippen LogP contribution is 2.23. The fourth-order valence-corrected chi connectivity index (χ4v) is 4.36. The van der Waals surface area contributed by atoms with Gasteiger partial charge in [-0.2, -0.15) is 0 Å². The smallest absolute Gasteiger partial charge is 0.240 e. The lowest BCUT2D eigenvalue weighted by Crippen LogP contribution is -2.38. The predicted octanol–water partition coefficient (Wildman–Crippen LogP) is 3.31. The Morgan fingerprint density at radius 1 is 1.11 bits per heavy atom. The van der Waals surface area contributed by atoms with Crippen LogP contribution in [0.2, 0.25) is 0 Å². The summed E-state index contributed by atoms with van der Waals surface area (Å²) in [5.41, 5.74) is 1.17. The van der Waals surface area contributed by atoms with Gasteiger partial charge in [-0.05, 0) is 61.1 Å². The van der Waals surface area contributed by atoms with Crippen molar-refractivity contribution in [2.24, 2.45) is 11.8 Å². The van der Waals surface area contributed by atoms with Crippen molar-refractivity contribution in [1.82, 2.24) is 9.71 Å². The van der Waals surface area contributed by atoms with E-state index in [9.17, 15) is 8.42 Å². The molecule has 1 N–H and O–H groups in total. The van der Waals surface area contributed by atoms with Crippen LogP contribution in [-0.4, -0.2) is 39.6 Å². The minimum Gasteiger partial charge on any atom is -0.493 e. The van der Waals surface area contributed by atoms with Crippen molar-refractivity contribution in [2.75, 3.05) is 31.1 Å². The largest absolute Gasteiger partial charge is 0.493 e. The van der Waals surface area contributed by atoms with Crippen molar-refractivity contribution in [1.29, 1.82) is 0 Å². The first-order valence-corrected chi connectivity index (χ1v) is 11.3. The zero-order chi connectivity index (χ0) is 20.0. The number of hydrogen-bond donors (Lipinski definition) is 1. The maximum Gasteiger partial charge on any atom is 0.240 e. The van der Waals surface area contributed by atoms with Gasteiger partial charge in [0, 0.05) is 37.7 Å². The summed E-state index contributed by atoms with van der Waals surface area (Å²) in [4.78, 5) is 6.65. The molecule has 2 aromatic rings. The molecule has 0 amide bonds. The normalized spacial score (nSPS) is 15.8. The highest BCUT2D eigenvalue weighted by Gasteiger charge is 2.22. The molecule has 0 unspecified atom stereocenters. The standard InChI is InChI=1S/C21H29N3O3S/c1-17(2)16-27-20-3-5-21(6-4-20)28(25,26)23-15-18-9-13-24(14-10-18)19-7-11-22-12-8-19/h3-8,11-12,17-18,23H,9-10,13-16H2,1-2H3. The van der Waals surface area contributed by atoms with Crippen LogP contribution in [0.25, 0.3) is 0 Å². The third-order valence-corrected chi connectivity index (χ3v) is 6.36. The molecule has 0 bridgehead atoms. The topological polar surface area (TPSA) is 71.5 Å². The van der Waals surface area contributed by atoms with Crippen LogP contribution in [0, 0.1) is 11.8 Å². The van der Waals surface area contributed by atoms with Gasteiger partial charge in [0.2, 0.25) is 10.0 Å². The number of sulfonamides is 1. The SMILES string of the molecule is CC(C)COc1ccc(S(=O)(=O)NCC2CCN(c3ccncc3)CC2)cc1. The van der Waals surface area contributed by atoms with Gasteiger partial charge < -0.3 is 9.64 Å². The molecule has 1 aromatic carbocycles. The molecule has 1 aliphatic heterocycles. The molecule has 0 atom stereocenters. The van der Waals surface area contributed by atoms with Gasteiger partial charge in [-0.3, -0.25) is 4.98 Å². The molecule has 1 fully saturated rings. The summed E-state index contributed by atoms with van der Waals surface area (Å²) in [6.07, 6.45) is 5.53. The second kappa shape index (κ2) is 9.39. The number of nitrogens with one attached hydrogen (secondary N) is 1. The molecule has 6 nitrogen and oxygen atoms in total. The van der Waals surface area contributed by atoms with Crippen LogP contribution in [0.4, 0.5) is 5.69 Å². The van der Waals surface area contributed by atoms with Crippen LogP contribution in [0.1, 0.15) is 26.7 Å². The Hall–Kier alpha value is -2.12. The molecule has 1 aromatic heterocycles. The number of nitrogens with zero attached hydrogens (tertiary/aromatic N) is 2. The summed E-state index contributed by atoms with van der Waals surface area (Å²) in [5.74, 6) is 1.47. The summed E-state index contributed by atoms with van der Waals surface area (Å²) in [6, 6.07) is 10.7. The van der Waals surface area contributed by atoms with Crippen LogP contribution in [-0.2, 0) is 10.0 Å². The molecule has 0 aliphatic carbocycles. The Kier molecular flexibility index (Phi) is 6.91. The minimum atomic E-state index is -3.50. The molecular formula is C21H29N3O3S. The van der Waals surface area contributed by atoms with Crippen LogP contribution < -0.4 is 14.4 Å². The van der Waals surface area contributed by atoms with Crippen molar-refractivity contribution < 1.29 is 13.2 Å². The van der Waals surface area contributed by atoms with Crippen LogP contribution in [0.15, 0.2) is 53.7 Å². The average Bonchev–Trinajstić information content (AvgIpc) is 2.72. The lowest BCUT2D eigenvalue weighted by atomic mass is 9.97. The highest BCUT2D eigenvalue weighted by atomic mass is 32.2. The van der Waals surface area contributed by atoms with Gasteiger partial charge in [-0.25, -0.2) is 13.1 Å². The Morgan fingerprint density at radius 2 is 1.75 bits per heavy atom. The number of rotatable bonds is 8. The molecule has 0 spiro atoms. The zero-order valence-electron chi connectivity index (χ0n) is 16.5. The van der Waals surface area contributed by atoms with Crippen LogP contribution in [0.3, 0.4) is 0 Å². The summed E-state index contributed by atoms with van der Waals surface area (Å²) in [7, 11) is -3.50. The average molecular weight is 404 g/mol. The summed E-state index contributed by atoms with van der Waals surface area (Å²) < 4.78 is 33.5. The fraction of sp³-hybridized carbons (Fsp3) is 0.476. The van der Waals surface area contributed by atoms with Gasteiger partial charge in [0.15, 0.2) is 0 Å². The maximum atomic E-state index is 12.6. The predicted molar refractivity (Wildman–Crippen MR) is 111 cm³/mol. The van der Waals surface area contributed by atoms with E-state index < -0.39 is 10.0 Å². The molecule has 0 saturated carbocycles. The van der Waals surface area contributed by atoms with Gasteiger partial charge in [-0.1, -0.05) is 13.8 Å². The van der Waals surface area contributed by atoms with Crippen molar-refractivity contribution in [3.8, 4) is 5.75 Å². The Morgan fingerprint density at radius 3 is 2.36 bits per heavy atom. The van der Waals surface area contributed by atoms with E-state index in [4.69, 9.17) is 4.74 Å². The molecule has 0 radical (unpaired) electrons. The van der Waals surface area contributed by atoms with E-state index >= 15 is 0 Å². The molecular weight excluding hydrogens is 374 g/mol. The molecule has 2 heterocycles. The second-order valence-electron chi connectivity index (χ2n) is 7.66. The van der Waals surface area contributed by atoms with Crippen molar-refractivity contribution >= 4 is 15.7 Å². The Labute approximate surface area is 168 Å². The van der Waals surface area contributed by atoms with Gasteiger partial charge in [0.05, 0.1) is 11.5 Å². The molecule has 28 heavy (non-hydrogen) atoms. The molecule has 7 heteroatoms. The van der Waals surface area contributed by atoms with E-state index in [0.29, 0.717) is 30.7 Å². The third-order valence-electron chi connectivity index (χ3n) is 4.92. The molecule has 1 aliphatic rings. The number of piperidine rings is 1. The van der Waals surface area contributed by atoms with Gasteiger partial charge in [-0.15, -0.1) is 0 Å². The maximum absolute atomic E-state index is 12.6. The molecule has 152 valence electrons. The van der Waals surface area contributed by atoms with E-state index in [-0.39, 0.29) is 4.90 Å². The van der Waals surface area contributed by atoms with Gasteiger partial charge in [0.25, 0.3) is 0 Å². The Bertz CT molecular complexity index is 831. The number of hydrogen-bond acceptors (Lipinski definition) is 5. The quantitative estimate of drug-likeness (QED) is 0.732. The number of aromatic nitrogens is 1. The first-order valence-electron chi connectivity index (χ1n) is 9.81. The van der Waals surface area contributed by atoms with E-state index in [2.05, 4.69) is 28.5 Å². The Balaban J connectivity index is 1.49.